The Morgan fingerprint density at radius 3 is 0.753 bits per heavy atom. The van der Waals surface area contributed by atoms with E-state index in [-0.39, 0.29) is 25.2 Å². The third kappa shape index (κ3) is 57.2. The molecule has 0 N–H and O–H groups in total. The molecular formula is C66H130O7. The summed E-state index contributed by atoms with van der Waals surface area (Å²) in [6.07, 6.45) is 65.8. The van der Waals surface area contributed by atoms with Crippen molar-refractivity contribution in [2.75, 3.05) is 39.6 Å². The van der Waals surface area contributed by atoms with Crippen molar-refractivity contribution in [1.29, 1.82) is 0 Å². The minimum Gasteiger partial charge on any atom is -0.353 e. The van der Waals surface area contributed by atoms with E-state index in [0.717, 1.165) is 104 Å². The Balaban J connectivity index is 4.95. The van der Waals surface area contributed by atoms with E-state index < -0.39 is 0 Å². The van der Waals surface area contributed by atoms with Crippen LogP contribution in [0.5, 0.6) is 0 Å². The highest BCUT2D eigenvalue weighted by atomic mass is 16.8. The lowest BCUT2D eigenvalue weighted by atomic mass is 10.1. The van der Waals surface area contributed by atoms with Gasteiger partial charge in [-0.1, -0.05) is 259 Å². The zero-order valence-corrected chi connectivity index (χ0v) is 50.2. The SMILES string of the molecule is CCCCCCCCCCOC(C=CCCCCCCCCCCCC(OCCCC)OCCCC)OC(C=CCCCCCCCCCCCC(OCCCC)OCCCC)OCCCCCCCCCC. The van der Waals surface area contributed by atoms with E-state index >= 15 is 0 Å². The van der Waals surface area contributed by atoms with Gasteiger partial charge in [0.05, 0.1) is 13.2 Å². The fourth-order valence-electron chi connectivity index (χ4n) is 9.19. The van der Waals surface area contributed by atoms with Crippen LogP contribution in [0.1, 0.15) is 337 Å². The van der Waals surface area contributed by atoms with Crippen LogP contribution in [-0.2, 0) is 33.2 Å². The van der Waals surface area contributed by atoms with Gasteiger partial charge in [0.1, 0.15) is 0 Å². The highest BCUT2D eigenvalue weighted by Gasteiger charge is 2.15. The number of unbranched alkanes of at least 4 members (excludes halogenated alkanes) is 36. The summed E-state index contributed by atoms with van der Waals surface area (Å²) in [5.41, 5.74) is 0. The molecule has 0 radical (unpaired) electrons. The van der Waals surface area contributed by atoms with E-state index in [1.54, 1.807) is 0 Å². The molecule has 0 spiro atoms. The van der Waals surface area contributed by atoms with Crippen LogP contribution >= 0.6 is 0 Å². The second-order valence-corrected chi connectivity index (χ2v) is 21.7. The van der Waals surface area contributed by atoms with E-state index in [0.29, 0.717) is 0 Å². The second-order valence-electron chi connectivity index (χ2n) is 21.7. The molecule has 0 saturated carbocycles. The molecule has 0 aliphatic rings. The first-order valence-electron chi connectivity index (χ1n) is 32.8. The van der Waals surface area contributed by atoms with Crippen LogP contribution in [0.3, 0.4) is 0 Å². The van der Waals surface area contributed by atoms with Crippen molar-refractivity contribution in [3.63, 3.8) is 0 Å². The van der Waals surface area contributed by atoms with Gasteiger partial charge in [0, 0.05) is 26.4 Å². The predicted octanol–water partition coefficient (Wildman–Crippen LogP) is 21.6. The minimum atomic E-state index is -0.376. The van der Waals surface area contributed by atoms with Gasteiger partial charge in [-0.2, -0.15) is 0 Å². The number of hydrogen-bond acceptors (Lipinski definition) is 7. The van der Waals surface area contributed by atoms with E-state index in [9.17, 15) is 0 Å². The van der Waals surface area contributed by atoms with Crippen molar-refractivity contribution in [3.8, 4) is 0 Å². The molecule has 0 aromatic heterocycles. The Kier molecular flexibility index (Phi) is 63.0. The number of ether oxygens (including phenoxy) is 7. The first-order valence-corrected chi connectivity index (χ1v) is 32.8. The van der Waals surface area contributed by atoms with Crippen molar-refractivity contribution in [2.24, 2.45) is 0 Å². The first kappa shape index (κ1) is 72.2. The summed E-state index contributed by atoms with van der Waals surface area (Å²) in [7, 11) is 0. The molecule has 0 aliphatic heterocycles. The number of allylic oxidation sites excluding steroid dienone is 2. The number of rotatable bonds is 64. The molecule has 0 saturated heterocycles. The molecule has 73 heavy (non-hydrogen) atoms. The normalized spacial score (nSPS) is 13.0. The lowest BCUT2D eigenvalue weighted by molar-refractivity contribution is -0.208. The molecule has 0 aromatic rings. The Morgan fingerprint density at radius 1 is 0.233 bits per heavy atom. The fraction of sp³-hybridized carbons (Fsp3) is 0.939. The van der Waals surface area contributed by atoms with Crippen molar-refractivity contribution < 1.29 is 33.2 Å². The standard InChI is InChI=1S/C66H130O7/c1-7-13-19-21-23-39-45-51-61-71-65(55-49-43-37-33-29-25-27-31-35-41-47-53-63(67-57-15-9-3)68-58-16-10-4)73-66(72-62-52-46-40-24-22-20-14-8-2)56-50-44-38-34-30-26-28-32-36-42-48-54-64(69-59-17-11-5)70-60-18-12-6/h49-50,55-56,63-66H,7-48,51-54,57-62H2,1-6H3. The molecule has 0 aliphatic carbocycles. The van der Waals surface area contributed by atoms with Crippen LogP contribution in [0, 0.1) is 0 Å². The Hall–Kier alpha value is -0.800. The maximum atomic E-state index is 6.66. The highest BCUT2D eigenvalue weighted by molar-refractivity contribution is 4.90. The van der Waals surface area contributed by atoms with Crippen LogP contribution in [0.25, 0.3) is 0 Å². The van der Waals surface area contributed by atoms with Crippen LogP contribution in [0.2, 0.25) is 0 Å². The monoisotopic (exact) mass is 1030 g/mol. The van der Waals surface area contributed by atoms with Crippen molar-refractivity contribution in [1.82, 2.24) is 0 Å². The van der Waals surface area contributed by atoms with Crippen LogP contribution in [0.4, 0.5) is 0 Å². The Labute approximate surface area is 457 Å². The van der Waals surface area contributed by atoms with Gasteiger partial charge in [0.15, 0.2) is 25.2 Å². The summed E-state index contributed by atoms with van der Waals surface area (Å²) in [6.45, 7) is 18.2. The lowest BCUT2D eigenvalue weighted by Crippen LogP contribution is -2.25. The minimum absolute atomic E-state index is 0.00482. The molecule has 2 unspecified atom stereocenters. The molecule has 7 heteroatoms. The van der Waals surface area contributed by atoms with Crippen LogP contribution in [0.15, 0.2) is 24.3 Å². The largest absolute Gasteiger partial charge is 0.353 e. The van der Waals surface area contributed by atoms with Gasteiger partial charge in [-0.15, -0.1) is 0 Å². The van der Waals surface area contributed by atoms with E-state index in [1.807, 2.05) is 0 Å². The van der Waals surface area contributed by atoms with Gasteiger partial charge in [0.2, 0.25) is 0 Å². The molecule has 7 nitrogen and oxygen atoms in total. The summed E-state index contributed by atoms with van der Waals surface area (Å²) in [5.74, 6) is 0. The van der Waals surface area contributed by atoms with Gasteiger partial charge >= 0.3 is 0 Å². The van der Waals surface area contributed by atoms with E-state index in [2.05, 4.69) is 65.8 Å². The molecule has 436 valence electrons. The van der Waals surface area contributed by atoms with Gasteiger partial charge in [-0.25, -0.2) is 0 Å². The summed E-state index contributed by atoms with van der Waals surface area (Å²) in [4.78, 5) is 0. The average molecular weight is 1040 g/mol. The molecule has 0 heterocycles. The second kappa shape index (κ2) is 63.7. The van der Waals surface area contributed by atoms with Crippen molar-refractivity contribution in [3.05, 3.63) is 24.3 Å². The number of hydrogen-bond donors (Lipinski definition) is 0. The summed E-state index contributed by atoms with van der Waals surface area (Å²) >= 11 is 0. The third-order valence-corrected chi connectivity index (χ3v) is 14.2. The van der Waals surface area contributed by atoms with Gasteiger partial charge < -0.3 is 33.2 Å². The third-order valence-electron chi connectivity index (χ3n) is 14.2. The van der Waals surface area contributed by atoms with E-state index in [1.165, 1.54) is 231 Å². The van der Waals surface area contributed by atoms with Gasteiger partial charge in [-0.3, -0.25) is 0 Å². The molecule has 0 bridgehead atoms. The first-order chi connectivity index (χ1) is 36.1. The van der Waals surface area contributed by atoms with E-state index in [4.69, 9.17) is 33.2 Å². The smallest absolute Gasteiger partial charge is 0.180 e. The highest BCUT2D eigenvalue weighted by Crippen LogP contribution is 2.19. The molecule has 2 atom stereocenters. The quantitative estimate of drug-likeness (QED) is 0.0342. The molecule has 0 aromatic carbocycles. The lowest BCUT2D eigenvalue weighted by Gasteiger charge is -2.22. The van der Waals surface area contributed by atoms with Crippen LogP contribution < -0.4 is 0 Å². The van der Waals surface area contributed by atoms with Crippen molar-refractivity contribution >= 4 is 0 Å². The summed E-state index contributed by atoms with van der Waals surface area (Å²) in [6, 6.07) is 0. The molecule has 0 fully saturated rings. The average Bonchev–Trinajstić information content (AvgIpc) is 3.39. The summed E-state index contributed by atoms with van der Waals surface area (Å²) < 4.78 is 43.8. The molecular weight excluding hydrogens is 905 g/mol. The molecule has 0 amide bonds. The van der Waals surface area contributed by atoms with Gasteiger partial charge in [-0.05, 0) is 102 Å². The Morgan fingerprint density at radius 2 is 0.466 bits per heavy atom. The topological polar surface area (TPSA) is 64.6 Å². The maximum Gasteiger partial charge on any atom is 0.180 e. The molecule has 0 rings (SSSR count). The Bertz CT molecular complexity index is 952. The predicted molar refractivity (Wildman–Crippen MR) is 317 cm³/mol. The zero-order valence-electron chi connectivity index (χ0n) is 50.2. The van der Waals surface area contributed by atoms with Crippen LogP contribution in [-0.4, -0.2) is 64.8 Å². The maximum absolute atomic E-state index is 6.66. The fourth-order valence-corrected chi connectivity index (χ4v) is 9.19. The zero-order chi connectivity index (χ0) is 52.9. The summed E-state index contributed by atoms with van der Waals surface area (Å²) in [5, 5.41) is 0. The van der Waals surface area contributed by atoms with Gasteiger partial charge in [0.25, 0.3) is 0 Å². The van der Waals surface area contributed by atoms with Crippen molar-refractivity contribution in [2.45, 2.75) is 362 Å².